The first-order valence-corrected chi connectivity index (χ1v) is 12.7. The Morgan fingerprint density at radius 2 is 1.03 bits per heavy atom. The summed E-state index contributed by atoms with van der Waals surface area (Å²) in [5.41, 5.74) is 1.12. The number of hydrogen-bond acceptors (Lipinski definition) is 8. The molecule has 0 saturated heterocycles. The molecule has 4 aromatic carbocycles. The van der Waals surface area contributed by atoms with Crippen molar-refractivity contribution in [3.8, 4) is 45.6 Å². The average molecular weight is 533 g/mol. The van der Waals surface area contributed by atoms with Gasteiger partial charge in [0.05, 0.1) is 11.1 Å². The lowest BCUT2D eigenvalue weighted by Crippen LogP contribution is -2.09. The fraction of sp³-hybridized carbons (Fsp3) is 0.290. The molecule has 0 aliphatic heterocycles. The van der Waals surface area contributed by atoms with E-state index >= 15 is 0 Å². The summed E-state index contributed by atoms with van der Waals surface area (Å²) in [5.74, 6) is -4.28. The SMILES string of the molecule is Cc1cc2c(C(=O)CC(C)C)c(O)c(O)cc2c(O)c1-c1c(C)cc2c(C(=O)C(C)C)c(O)c(O)cc2c1O. The standard InChI is InChI=1S/C31H32O8/c1-12(2)7-20(32)25-16-8-14(5)23(28(36)18(16)10-21(33)30(25)38)24-15(6)9-17-19(29(24)37)11-22(34)31(39)26(17)27(35)13(3)4/h8-13,33-34,36-39H,7H2,1-6H3. The molecule has 0 aromatic heterocycles. The van der Waals surface area contributed by atoms with Gasteiger partial charge in [0.15, 0.2) is 34.6 Å². The molecule has 8 nitrogen and oxygen atoms in total. The highest BCUT2D eigenvalue weighted by molar-refractivity contribution is 6.17. The van der Waals surface area contributed by atoms with Crippen LogP contribution in [0.2, 0.25) is 0 Å². The highest BCUT2D eigenvalue weighted by Crippen LogP contribution is 2.51. The van der Waals surface area contributed by atoms with Crippen molar-refractivity contribution in [2.45, 2.75) is 48.0 Å². The molecule has 0 saturated carbocycles. The van der Waals surface area contributed by atoms with Gasteiger partial charge in [-0.15, -0.1) is 0 Å². The molecular formula is C31H32O8. The third kappa shape index (κ3) is 4.35. The maximum atomic E-state index is 13.0. The average Bonchev–Trinajstić information content (AvgIpc) is 2.83. The van der Waals surface area contributed by atoms with Gasteiger partial charge in [-0.05, 0) is 55.2 Å². The van der Waals surface area contributed by atoms with Crippen molar-refractivity contribution < 1.29 is 40.2 Å². The fourth-order valence-electron chi connectivity index (χ4n) is 5.18. The van der Waals surface area contributed by atoms with Crippen molar-refractivity contribution >= 4 is 33.1 Å². The number of phenolic OH excluding ortho intramolecular Hbond substituents is 6. The molecule has 0 amide bonds. The molecule has 6 N–H and O–H groups in total. The number of carbonyl (C=O) groups excluding carboxylic acids is 2. The van der Waals surface area contributed by atoms with Gasteiger partial charge in [0.2, 0.25) is 0 Å². The number of aryl methyl sites for hydroxylation is 2. The van der Waals surface area contributed by atoms with Crippen molar-refractivity contribution in [3.63, 3.8) is 0 Å². The molecule has 39 heavy (non-hydrogen) atoms. The predicted molar refractivity (Wildman–Crippen MR) is 149 cm³/mol. The topological polar surface area (TPSA) is 156 Å². The molecule has 0 unspecified atom stereocenters. The van der Waals surface area contributed by atoms with Gasteiger partial charge in [0.1, 0.15) is 11.5 Å². The van der Waals surface area contributed by atoms with Crippen LogP contribution in [-0.4, -0.2) is 42.2 Å². The number of fused-ring (bicyclic) bond motifs is 2. The Kier molecular flexibility index (Phi) is 6.85. The molecule has 0 fully saturated rings. The highest BCUT2D eigenvalue weighted by atomic mass is 16.3. The number of aromatic hydroxyl groups is 6. The largest absolute Gasteiger partial charge is 0.507 e. The molecule has 4 rings (SSSR count). The maximum Gasteiger partial charge on any atom is 0.169 e. The third-order valence-corrected chi connectivity index (χ3v) is 7.03. The van der Waals surface area contributed by atoms with Gasteiger partial charge >= 0.3 is 0 Å². The van der Waals surface area contributed by atoms with Crippen molar-refractivity contribution in [1.29, 1.82) is 0 Å². The van der Waals surface area contributed by atoms with Crippen LogP contribution in [0.1, 0.15) is 66.0 Å². The highest BCUT2D eigenvalue weighted by Gasteiger charge is 2.28. The van der Waals surface area contributed by atoms with Crippen LogP contribution in [0, 0.1) is 25.7 Å². The van der Waals surface area contributed by atoms with Crippen LogP contribution in [-0.2, 0) is 0 Å². The fourth-order valence-corrected chi connectivity index (χ4v) is 5.18. The monoisotopic (exact) mass is 532 g/mol. The zero-order valence-electron chi connectivity index (χ0n) is 22.7. The number of carbonyl (C=O) groups is 2. The van der Waals surface area contributed by atoms with E-state index < -0.39 is 40.5 Å². The summed E-state index contributed by atoms with van der Waals surface area (Å²) in [6.07, 6.45) is 0.117. The quantitative estimate of drug-likeness (QED) is 0.120. The zero-order valence-corrected chi connectivity index (χ0v) is 22.7. The van der Waals surface area contributed by atoms with E-state index in [2.05, 4.69) is 0 Å². The Balaban J connectivity index is 2.10. The molecule has 4 aromatic rings. The smallest absolute Gasteiger partial charge is 0.169 e. The molecule has 0 aliphatic rings. The lowest BCUT2D eigenvalue weighted by Gasteiger charge is -2.20. The van der Waals surface area contributed by atoms with E-state index in [0.29, 0.717) is 11.1 Å². The van der Waals surface area contributed by atoms with Crippen LogP contribution >= 0.6 is 0 Å². The van der Waals surface area contributed by atoms with Crippen molar-refractivity contribution in [3.05, 3.63) is 46.5 Å². The Hall–Kier alpha value is -4.46. The van der Waals surface area contributed by atoms with Crippen molar-refractivity contribution in [2.24, 2.45) is 11.8 Å². The van der Waals surface area contributed by atoms with E-state index in [4.69, 9.17) is 0 Å². The molecular weight excluding hydrogens is 500 g/mol. The predicted octanol–water partition coefficient (Wildman–Crippen LogP) is 6.58. The van der Waals surface area contributed by atoms with E-state index in [9.17, 15) is 40.2 Å². The second-order valence-corrected chi connectivity index (χ2v) is 10.8. The lowest BCUT2D eigenvalue weighted by atomic mass is 9.85. The zero-order chi connectivity index (χ0) is 29.1. The molecule has 0 aliphatic carbocycles. The Labute approximate surface area is 225 Å². The Morgan fingerprint density at radius 3 is 1.44 bits per heavy atom. The van der Waals surface area contributed by atoms with Gasteiger partial charge in [0.25, 0.3) is 0 Å². The van der Waals surface area contributed by atoms with Crippen LogP contribution in [0.4, 0.5) is 0 Å². The van der Waals surface area contributed by atoms with E-state index in [1.54, 1.807) is 39.8 Å². The number of hydrogen-bond donors (Lipinski definition) is 6. The number of Topliss-reactive ketones (excluding diaryl/α,β-unsaturated/α-hetero) is 2. The number of ketones is 2. The molecule has 0 radical (unpaired) electrons. The first-order chi connectivity index (χ1) is 18.2. The summed E-state index contributed by atoms with van der Waals surface area (Å²) in [4.78, 5) is 25.9. The minimum absolute atomic E-state index is 0.0104. The van der Waals surface area contributed by atoms with Gasteiger partial charge in [0, 0.05) is 45.0 Å². The molecule has 0 heterocycles. The van der Waals surface area contributed by atoms with Gasteiger partial charge < -0.3 is 30.6 Å². The Morgan fingerprint density at radius 1 is 0.615 bits per heavy atom. The van der Waals surface area contributed by atoms with Crippen molar-refractivity contribution in [1.82, 2.24) is 0 Å². The molecule has 0 atom stereocenters. The van der Waals surface area contributed by atoms with E-state index in [-0.39, 0.29) is 67.6 Å². The van der Waals surface area contributed by atoms with Crippen LogP contribution < -0.4 is 0 Å². The minimum Gasteiger partial charge on any atom is -0.507 e. The summed E-state index contributed by atoms with van der Waals surface area (Å²) in [6, 6.07) is 5.50. The molecule has 204 valence electrons. The van der Waals surface area contributed by atoms with E-state index in [0.717, 1.165) is 12.1 Å². The first kappa shape index (κ1) is 27.6. The second kappa shape index (κ2) is 9.69. The summed E-state index contributed by atoms with van der Waals surface area (Å²) < 4.78 is 0. The van der Waals surface area contributed by atoms with Gasteiger partial charge in [-0.2, -0.15) is 0 Å². The van der Waals surface area contributed by atoms with Crippen LogP contribution in [0.15, 0.2) is 24.3 Å². The number of phenols is 6. The summed E-state index contributed by atoms with van der Waals surface area (Å²) in [6.45, 7) is 10.3. The van der Waals surface area contributed by atoms with Crippen LogP contribution in [0.5, 0.6) is 34.5 Å². The van der Waals surface area contributed by atoms with E-state index in [1.807, 2.05) is 13.8 Å². The van der Waals surface area contributed by atoms with Gasteiger partial charge in [-0.1, -0.05) is 27.7 Å². The third-order valence-electron chi connectivity index (χ3n) is 7.03. The summed E-state index contributed by atoms with van der Waals surface area (Å²) >= 11 is 0. The van der Waals surface area contributed by atoms with Crippen LogP contribution in [0.3, 0.4) is 0 Å². The number of benzene rings is 4. The normalized spacial score (nSPS) is 11.7. The minimum atomic E-state index is -0.579. The molecule has 0 bridgehead atoms. The van der Waals surface area contributed by atoms with Crippen LogP contribution in [0.25, 0.3) is 32.7 Å². The summed E-state index contributed by atoms with van der Waals surface area (Å²) in [7, 11) is 0. The summed E-state index contributed by atoms with van der Waals surface area (Å²) in [5, 5.41) is 65.5. The van der Waals surface area contributed by atoms with Gasteiger partial charge in [-0.3, -0.25) is 9.59 Å². The molecule has 0 spiro atoms. The maximum absolute atomic E-state index is 13.0. The Bertz CT molecular complexity index is 1700. The van der Waals surface area contributed by atoms with Crippen molar-refractivity contribution in [2.75, 3.05) is 0 Å². The number of rotatable bonds is 6. The van der Waals surface area contributed by atoms with E-state index in [1.165, 1.54) is 0 Å². The first-order valence-electron chi connectivity index (χ1n) is 12.7. The molecule has 8 heteroatoms. The van der Waals surface area contributed by atoms with Gasteiger partial charge in [-0.25, -0.2) is 0 Å². The second-order valence-electron chi connectivity index (χ2n) is 10.8. The lowest BCUT2D eigenvalue weighted by molar-refractivity contribution is 0.0935.